The van der Waals surface area contributed by atoms with Crippen molar-refractivity contribution in [2.24, 2.45) is 5.92 Å². The zero-order valence-electron chi connectivity index (χ0n) is 16.5. The topological polar surface area (TPSA) is 84.2 Å². The van der Waals surface area contributed by atoms with Gasteiger partial charge < -0.3 is 14.6 Å². The average Bonchev–Trinajstić information content (AvgIpc) is 3.46. The van der Waals surface area contributed by atoms with Crippen molar-refractivity contribution in [2.75, 3.05) is 11.9 Å². The van der Waals surface area contributed by atoms with E-state index in [1.165, 1.54) is 6.26 Å². The van der Waals surface area contributed by atoms with Gasteiger partial charge in [-0.1, -0.05) is 6.07 Å². The number of carbonyl (C=O) groups is 1. The molecule has 3 atom stereocenters. The molecular formula is C22H23N5O2. The predicted molar refractivity (Wildman–Crippen MR) is 108 cm³/mol. The van der Waals surface area contributed by atoms with Crippen molar-refractivity contribution in [1.29, 1.82) is 0 Å². The first-order valence-electron chi connectivity index (χ1n) is 9.96. The number of amides is 1. The molecule has 7 nitrogen and oxygen atoms in total. The Balaban J connectivity index is 1.41. The van der Waals surface area contributed by atoms with E-state index in [9.17, 15) is 4.79 Å². The van der Waals surface area contributed by atoms with Gasteiger partial charge >= 0.3 is 0 Å². The van der Waals surface area contributed by atoms with Gasteiger partial charge in [0.1, 0.15) is 17.8 Å². The van der Waals surface area contributed by atoms with Crippen LogP contribution in [-0.2, 0) is 0 Å². The van der Waals surface area contributed by atoms with Gasteiger partial charge in [0.15, 0.2) is 0 Å². The molecule has 4 heterocycles. The molecule has 1 N–H and O–H groups in total. The molecule has 148 valence electrons. The molecule has 1 aliphatic heterocycles. The van der Waals surface area contributed by atoms with Gasteiger partial charge in [-0.3, -0.25) is 9.78 Å². The fourth-order valence-corrected chi connectivity index (χ4v) is 4.63. The summed E-state index contributed by atoms with van der Waals surface area (Å²) >= 11 is 0. The summed E-state index contributed by atoms with van der Waals surface area (Å²) in [5.74, 6) is 1.73. The van der Waals surface area contributed by atoms with Crippen LogP contribution >= 0.6 is 0 Å². The minimum absolute atomic E-state index is 0.0576. The summed E-state index contributed by atoms with van der Waals surface area (Å²) in [6, 6.07) is 6.25. The first-order valence-corrected chi connectivity index (χ1v) is 9.96. The minimum Gasteiger partial charge on any atom is -0.444 e. The summed E-state index contributed by atoms with van der Waals surface area (Å²) in [6.07, 6.45) is 8.70. The molecule has 2 aliphatic rings. The van der Waals surface area contributed by atoms with Crippen molar-refractivity contribution in [3.8, 4) is 11.5 Å². The van der Waals surface area contributed by atoms with Crippen LogP contribution in [0.3, 0.4) is 0 Å². The van der Waals surface area contributed by atoms with Crippen molar-refractivity contribution in [1.82, 2.24) is 19.9 Å². The molecule has 5 rings (SSSR count). The maximum atomic E-state index is 13.5. The Morgan fingerprint density at radius 2 is 2.03 bits per heavy atom. The molecule has 3 aromatic heterocycles. The molecule has 3 aromatic rings. The van der Waals surface area contributed by atoms with Crippen molar-refractivity contribution < 1.29 is 9.21 Å². The number of hydrogen-bond acceptors (Lipinski definition) is 6. The van der Waals surface area contributed by atoms with E-state index < -0.39 is 0 Å². The number of rotatable bonds is 4. The van der Waals surface area contributed by atoms with E-state index in [1.54, 1.807) is 12.4 Å². The van der Waals surface area contributed by atoms with Gasteiger partial charge in [0.25, 0.3) is 5.91 Å². The molecule has 3 unspecified atom stereocenters. The number of nitrogens with zero attached hydrogens (tertiary/aromatic N) is 4. The SMILES string of the molecule is Cc1ccc(NC2CC3CC2N(C(=O)c2nccc(C)c2-c2ncco2)C3)nc1. The zero-order valence-corrected chi connectivity index (χ0v) is 16.5. The van der Waals surface area contributed by atoms with Crippen LogP contribution in [0.5, 0.6) is 0 Å². The Kier molecular flexibility index (Phi) is 4.30. The number of nitrogens with one attached hydrogen (secondary N) is 1. The maximum Gasteiger partial charge on any atom is 0.273 e. The lowest BCUT2D eigenvalue weighted by atomic mass is 10.0. The van der Waals surface area contributed by atoms with Gasteiger partial charge in [-0.25, -0.2) is 9.97 Å². The second kappa shape index (κ2) is 6.99. The number of aryl methyl sites for hydroxylation is 2. The Morgan fingerprint density at radius 1 is 1.14 bits per heavy atom. The van der Waals surface area contributed by atoms with E-state index in [-0.39, 0.29) is 18.0 Å². The second-order valence-electron chi connectivity index (χ2n) is 8.02. The highest BCUT2D eigenvalue weighted by molar-refractivity contribution is 5.99. The van der Waals surface area contributed by atoms with Crippen molar-refractivity contribution >= 4 is 11.7 Å². The number of carbonyl (C=O) groups excluding carboxylic acids is 1. The van der Waals surface area contributed by atoms with E-state index in [0.717, 1.165) is 36.3 Å². The second-order valence-corrected chi connectivity index (χ2v) is 8.02. The number of anilines is 1. The smallest absolute Gasteiger partial charge is 0.273 e. The van der Waals surface area contributed by atoms with Crippen LogP contribution in [-0.4, -0.2) is 44.4 Å². The molecule has 1 aliphatic carbocycles. The molecule has 0 radical (unpaired) electrons. The first kappa shape index (κ1) is 17.8. The lowest BCUT2D eigenvalue weighted by Crippen LogP contribution is -2.48. The predicted octanol–water partition coefficient (Wildman–Crippen LogP) is 3.46. The van der Waals surface area contributed by atoms with Gasteiger partial charge in [-0.2, -0.15) is 0 Å². The van der Waals surface area contributed by atoms with E-state index >= 15 is 0 Å². The summed E-state index contributed by atoms with van der Waals surface area (Å²) < 4.78 is 5.48. The minimum atomic E-state index is -0.0576. The van der Waals surface area contributed by atoms with Crippen molar-refractivity contribution in [2.45, 2.75) is 38.8 Å². The monoisotopic (exact) mass is 389 g/mol. The van der Waals surface area contributed by atoms with Gasteiger partial charge in [0.05, 0.1) is 17.8 Å². The van der Waals surface area contributed by atoms with Crippen LogP contribution in [0.25, 0.3) is 11.5 Å². The largest absolute Gasteiger partial charge is 0.444 e. The number of oxazole rings is 1. The maximum absolute atomic E-state index is 13.5. The number of likely N-dealkylation sites (tertiary alicyclic amines) is 1. The molecule has 1 saturated heterocycles. The van der Waals surface area contributed by atoms with Crippen LogP contribution < -0.4 is 5.32 Å². The van der Waals surface area contributed by atoms with Gasteiger partial charge in [-0.15, -0.1) is 0 Å². The fraction of sp³-hybridized carbons (Fsp3) is 0.364. The molecular weight excluding hydrogens is 366 g/mol. The van der Waals surface area contributed by atoms with Crippen LogP contribution in [0.4, 0.5) is 5.82 Å². The normalized spacial score (nSPS) is 22.8. The van der Waals surface area contributed by atoms with E-state index in [2.05, 4.69) is 20.3 Å². The molecule has 2 bridgehead atoms. The molecule has 29 heavy (non-hydrogen) atoms. The van der Waals surface area contributed by atoms with E-state index in [0.29, 0.717) is 23.1 Å². The third-order valence-corrected chi connectivity index (χ3v) is 6.00. The van der Waals surface area contributed by atoms with Crippen LogP contribution in [0.1, 0.15) is 34.5 Å². The lowest BCUT2D eigenvalue weighted by Gasteiger charge is -2.34. The number of pyridine rings is 2. The highest BCUT2D eigenvalue weighted by Gasteiger charge is 2.47. The Labute approximate surface area is 169 Å². The average molecular weight is 389 g/mol. The van der Waals surface area contributed by atoms with Crippen LogP contribution in [0, 0.1) is 19.8 Å². The summed E-state index contributed by atoms with van der Waals surface area (Å²) in [6.45, 7) is 4.74. The number of hydrogen-bond donors (Lipinski definition) is 1. The van der Waals surface area contributed by atoms with Crippen molar-refractivity contribution in [3.63, 3.8) is 0 Å². The summed E-state index contributed by atoms with van der Waals surface area (Å²) in [5.41, 5.74) is 3.14. The zero-order chi connectivity index (χ0) is 20.0. The third-order valence-electron chi connectivity index (χ3n) is 6.00. The Morgan fingerprint density at radius 3 is 2.76 bits per heavy atom. The van der Waals surface area contributed by atoms with Gasteiger partial charge in [0.2, 0.25) is 5.89 Å². The Bertz CT molecular complexity index is 1030. The summed E-state index contributed by atoms with van der Waals surface area (Å²) in [7, 11) is 0. The highest BCUT2D eigenvalue weighted by Crippen LogP contribution is 2.40. The lowest BCUT2D eigenvalue weighted by molar-refractivity contribution is 0.0686. The first-order chi connectivity index (χ1) is 14.1. The number of fused-ring (bicyclic) bond motifs is 2. The number of piperidine rings is 1. The summed E-state index contributed by atoms with van der Waals surface area (Å²) in [5, 5.41) is 3.53. The van der Waals surface area contributed by atoms with Crippen molar-refractivity contribution in [3.05, 3.63) is 59.9 Å². The molecule has 2 fully saturated rings. The van der Waals surface area contributed by atoms with Gasteiger partial charge in [0, 0.05) is 25.0 Å². The van der Waals surface area contributed by atoms with Crippen LogP contribution in [0.15, 0.2) is 47.5 Å². The van der Waals surface area contributed by atoms with E-state index in [1.807, 2.05) is 43.1 Å². The molecule has 0 spiro atoms. The van der Waals surface area contributed by atoms with Crippen LogP contribution in [0.2, 0.25) is 0 Å². The molecule has 0 aromatic carbocycles. The van der Waals surface area contributed by atoms with E-state index in [4.69, 9.17) is 4.42 Å². The highest BCUT2D eigenvalue weighted by atomic mass is 16.3. The summed E-state index contributed by atoms with van der Waals surface area (Å²) in [4.78, 5) is 28.6. The Hall–Kier alpha value is -3.22. The van der Waals surface area contributed by atoms with Gasteiger partial charge in [-0.05, 0) is 55.9 Å². The fourth-order valence-electron chi connectivity index (χ4n) is 4.63. The quantitative estimate of drug-likeness (QED) is 0.736. The standard InChI is InChI=1S/C22H23N5O2/c1-13-3-4-18(25-11-13)26-16-9-15-10-17(16)27(12-15)22(28)20-19(14(2)5-6-23-20)21-24-7-8-29-21/h3-8,11,15-17H,9-10,12H2,1-2H3,(H,25,26). The molecule has 1 saturated carbocycles. The third kappa shape index (κ3) is 3.16. The number of aromatic nitrogens is 3. The molecule has 7 heteroatoms. The molecule has 1 amide bonds.